The molecule has 0 spiro atoms. The van der Waals surface area contributed by atoms with Crippen LogP contribution in [-0.4, -0.2) is 16.5 Å². The van der Waals surface area contributed by atoms with Gasteiger partial charge >= 0.3 is 0 Å². The van der Waals surface area contributed by atoms with E-state index in [0.717, 1.165) is 31.0 Å². The zero-order valence-electron chi connectivity index (χ0n) is 10.5. The fraction of sp³-hybridized carbons (Fsp3) is 0.667. The van der Waals surface area contributed by atoms with Gasteiger partial charge in [0.05, 0.1) is 0 Å². The van der Waals surface area contributed by atoms with Crippen LogP contribution < -0.4 is 5.32 Å². The van der Waals surface area contributed by atoms with Crippen LogP contribution in [0.2, 0.25) is 5.15 Å². The Kier molecular flexibility index (Phi) is 4.54. The summed E-state index contributed by atoms with van der Waals surface area (Å²) in [6, 6.07) is 1.77. The van der Waals surface area contributed by atoms with Crippen LogP contribution in [0.4, 0.5) is 5.82 Å². The zero-order valence-corrected chi connectivity index (χ0v) is 11.2. The topological polar surface area (TPSA) is 37.8 Å². The molecule has 0 aliphatic carbocycles. The summed E-state index contributed by atoms with van der Waals surface area (Å²) in [6.07, 6.45) is 1.92. The van der Waals surface area contributed by atoms with Crippen molar-refractivity contribution in [2.24, 2.45) is 5.41 Å². The monoisotopic (exact) mass is 241 g/mol. The van der Waals surface area contributed by atoms with E-state index in [1.165, 1.54) is 0 Å². The molecule has 16 heavy (non-hydrogen) atoms. The van der Waals surface area contributed by atoms with Crippen molar-refractivity contribution in [1.29, 1.82) is 0 Å². The van der Waals surface area contributed by atoms with Gasteiger partial charge in [0.15, 0.2) is 0 Å². The highest BCUT2D eigenvalue weighted by molar-refractivity contribution is 6.29. The second-order valence-corrected chi connectivity index (χ2v) is 5.10. The van der Waals surface area contributed by atoms with Crippen molar-refractivity contribution in [2.75, 3.05) is 11.9 Å². The van der Waals surface area contributed by atoms with Crippen molar-refractivity contribution in [2.45, 2.75) is 40.5 Å². The van der Waals surface area contributed by atoms with Gasteiger partial charge in [0.2, 0.25) is 0 Å². The lowest BCUT2D eigenvalue weighted by Crippen LogP contribution is -2.22. The summed E-state index contributed by atoms with van der Waals surface area (Å²) in [5, 5.41) is 3.82. The molecule has 90 valence electrons. The predicted molar refractivity (Wildman–Crippen MR) is 69.0 cm³/mol. The molecule has 0 fully saturated rings. The molecule has 0 radical (unpaired) electrons. The van der Waals surface area contributed by atoms with E-state index in [2.05, 4.69) is 36.1 Å². The fourth-order valence-electron chi connectivity index (χ4n) is 1.17. The third-order valence-electron chi connectivity index (χ3n) is 2.76. The molecule has 4 heteroatoms. The van der Waals surface area contributed by atoms with Crippen LogP contribution in [-0.2, 0) is 6.42 Å². The van der Waals surface area contributed by atoms with Crippen LogP contribution in [0.25, 0.3) is 0 Å². The Balaban J connectivity index is 2.70. The summed E-state index contributed by atoms with van der Waals surface area (Å²) < 4.78 is 0. The number of nitrogens with one attached hydrogen (secondary N) is 1. The van der Waals surface area contributed by atoms with Crippen molar-refractivity contribution in [3.05, 3.63) is 17.0 Å². The first kappa shape index (κ1) is 13.2. The van der Waals surface area contributed by atoms with Gasteiger partial charge in [0.25, 0.3) is 0 Å². The lowest BCUT2D eigenvalue weighted by atomic mass is 9.90. The maximum atomic E-state index is 5.92. The van der Waals surface area contributed by atoms with E-state index in [1.54, 1.807) is 6.07 Å². The second kappa shape index (κ2) is 5.48. The number of hydrogen-bond acceptors (Lipinski definition) is 3. The van der Waals surface area contributed by atoms with Gasteiger partial charge in [0.1, 0.15) is 16.8 Å². The average Bonchev–Trinajstić information content (AvgIpc) is 2.26. The average molecular weight is 242 g/mol. The molecule has 0 aliphatic rings. The standard InChI is InChI=1S/C12H20ClN3/c1-5-10-15-9(13)7-11(16-10)14-8-12(3,4)6-2/h7H,5-6,8H2,1-4H3,(H,14,15,16). The van der Waals surface area contributed by atoms with Crippen LogP contribution in [0, 0.1) is 5.41 Å². The SMILES string of the molecule is CCc1nc(Cl)cc(NCC(C)(C)CC)n1. The Morgan fingerprint density at radius 2 is 2.00 bits per heavy atom. The molecule has 0 atom stereocenters. The summed E-state index contributed by atoms with van der Waals surface area (Å²) in [6.45, 7) is 9.55. The van der Waals surface area contributed by atoms with E-state index in [4.69, 9.17) is 11.6 Å². The first-order chi connectivity index (χ1) is 7.46. The summed E-state index contributed by atoms with van der Waals surface area (Å²) in [5.41, 5.74) is 0.268. The van der Waals surface area contributed by atoms with E-state index in [-0.39, 0.29) is 5.41 Å². The summed E-state index contributed by atoms with van der Waals surface area (Å²) in [4.78, 5) is 8.51. The summed E-state index contributed by atoms with van der Waals surface area (Å²) >= 11 is 5.92. The van der Waals surface area contributed by atoms with Crippen LogP contribution in [0.3, 0.4) is 0 Å². The van der Waals surface area contributed by atoms with Crippen LogP contribution in [0.1, 0.15) is 39.9 Å². The third kappa shape index (κ3) is 3.97. The minimum absolute atomic E-state index is 0.268. The number of hydrogen-bond donors (Lipinski definition) is 1. The van der Waals surface area contributed by atoms with E-state index in [0.29, 0.717) is 5.15 Å². The van der Waals surface area contributed by atoms with Gasteiger partial charge in [-0.2, -0.15) is 0 Å². The van der Waals surface area contributed by atoms with Crippen LogP contribution in [0.5, 0.6) is 0 Å². The molecule has 0 aliphatic heterocycles. The fourth-order valence-corrected chi connectivity index (χ4v) is 1.37. The van der Waals surface area contributed by atoms with E-state index in [9.17, 15) is 0 Å². The molecule has 1 heterocycles. The van der Waals surface area contributed by atoms with Crippen molar-refractivity contribution in [3.63, 3.8) is 0 Å². The summed E-state index contributed by atoms with van der Waals surface area (Å²) in [5.74, 6) is 1.60. The normalized spacial score (nSPS) is 11.6. The van der Waals surface area contributed by atoms with Gasteiger partial charge in [-0.15, -0.1) is 0 Å². The Hall–Kier alpha value is -0.830. The number of halogens is 1. The molecule has 0 unspecified atom stereocenters. The molecule has 3 nitrogen and oxygen atoms in total. The molecule has 0 aromatic carbocycles. The highest BCUT2D eigenvalue weighted by Gasteiger charge is 2.15. The van der Waals surface area contributed by atoms with Crippen molar-refractivity contribution < 1.29 is 0 Å². The van der Waals surface area contributed by atoms with Gasteiger partial charge in [-0.3, -0.25) is 0 Å². The minimum Gasteiger partial charge on any atom is -0.369 e. The maximum absolute atomic E-state index is 5.92. The lowest BCUT2D eigenvalue weighted by molar-refractivity contribution is 0.376. The van der Waals surface area contributed by atoms with Crippen molar-refractivity contribution >= 4 is 17.4 Å². The Bertz CT molecular complexity index is 350. The maximum Gasteiger partial charge on any atom is 0.134 e. The molecule has 0 saturated heterocycles. The molecule has 0 amide bonds. The largest absolute Gasteiger partial charge is 0.369 e. The molecular weight excluding hydrogens is 222 g/mol. The van der Waals surface area contributed by atoms with Gasteiger partial charge in [0, 0.05) is 19.0 Å². The zero-order chi connectivity index (χ0) is 12.2. The highest BCUT2D eigenvalue weighted by atomic mass is 35.5. The number of aryl methyl sites for hydroxylation is 1. The third-order valence-corrected chi connectivity index (χ3v) is 2.96. The summed E-state index contributed by atoms with van der Waals surface area (Å²) in [7, 11) is 0. The minimum atomic E-state index is 0.268. The Morgan fingerprint density at radius 1 is 1.31 bits per heavy atom. The molecule has 1 aromatic rings. The van der Waals surface area contributed by atoms with Gasteiger partial charge in [-0.05, 0) is 11.8 Å². The molecule has 0 bridgehead atoms. The number of aromatic nitrogens is 2. The van der Waals surface area contributed by atoms with E-state index >= 15 is 0 Å². The Labute approximate surface area is 103 Å². The van der Waals surface area contributed by atoms with Gasteiger partial charge in [-0.25, -0.2) is 9.97 Å². The Morgan fingerprint density at radius 3 is 2.56 bits per heavy atom. The van der Waals surface area contributed by atoms with E-state index in [1.807, 2.05) is 6.92 Å². The number of nitrogens with zero attached hydrogens (tertiary/aromatic N) is 2. The second-order valence-electron chi connectivity index (χ2n) is 4.72. The van der Waals surface area contributed by atoms with Gasteiger partial charge in [-0.1, -0.05) is 39.3 Å². The van der Waals surface area contributed by atoms with Crippen molar-refractivity contribution in [3.8, 4) is 0 Å². The molecular formula is C12H20ClN3. The lowest BCUT2D eigenvalue weighted by Gasteiger charge is -2.23. The van der Waals surface area contributed by atoms with Crippen molar-refractivity contribution in [1.82, 2.24) is 9.97 Å². The molecule has 1 N–H and O–H groups in total. The quantitative estimate of drug-likeness (QED) is 0.802. The van der Waals surface area contributed by atoms with E-state index < -0.39 is 0 Å². The smallest absolute Gasteiger partial charge is 0.134 e. The first-order valence-electron chi connectivity index (χ1n) is 5.74. The van der Waals surface area contributed by atoms with Crippen LogP contribution >= 0.6 is 11.6 Å². The molecule has 1 rings (SSSR count). The first-order valence-corrected chi connectivity index (χ1v) is 6.12. The number of rotatable bonds is 5. The van der Waals surface area contributed by atoms with Crippen LogP contribution in [0.15, 0.2) is 6.07 Å². The predicted octanol–water partition coefficient (Wildman–Crippen LogP) is 3.54. The highest BCUT2D eigenvalue weighted by Crippen LogP contribution is 2.20. The molecule has 1 aromatic heterocycles. The van der Waals surface area contributed by atoms with Gasteiger partial charge < -0.3 is 5.32 Å². The molecule has 0 saturated carbocycles. The number of anilines is 1.